The van der Waals surface area contributed by atoms with E-state index in [2.05, 4.69) is 20.9 Å². The Morgan fingerprint density at radius 1 is 1.42 bits per heavy atom. The molecule has 1 aromatic heterocycles. The van der Waals surface area contributed by atoms with E-state index < -0.39 is 47.4 Å². The van der Waals surface area contributed by atoms with Gasteiger partial charge in [-0.2, -0.15) is 13.2 Å². The van der Waals surface area contributed by atoms with Crippen molar-refractivity contribution in [2.45, 2.75) is 24.4 Å². The fourth-order valence-electron chi connectivity index (χ4n) is 1.58. The second-order valence-corrected chi connectivity index (χ2v) is 4.08. The third kappa shape index (κ3) is 3.62. The number of hydrogen-bond acceptors (Lipinski definition) is 2. The van der Waals surface area contributed by atoms with Crippen LogP contribution in [-0.2, 0) is 22.7 Å². The van der Waals surface area contributed by atoms with Crippen LogP contribution >= 0.6 is 15.9 Å². The average molecular weight is 348 g/mol. The Kier molecular flexibility index (Phi) is 4.83. The predicted molar refractivity (Wildman–Crippen MR) is 58.2 cm³/mol. The van der Waals surface area contributed by atoms with E-state index in [1.165, 1.54) is 0 Å². The van der Waals surface area contributed by atoms with Crippen molar-refractivity contribution in [2.24, 2.45) is 0 Å². The summed E-state index contributed by atoms with van der Waals surface area (Å²) in [5.74, 6) is -1.51. The van der Waals surface area contributed by atoms with E-state index >= 15 is 0 Å². The lowest BCUT2D eigenvalue weighted by Gasteiger charge is -2.18. The molecule has 0 saturated carbocycles. The molecule has 19 heavy (non-hydrogen) atoms. The summed E-state index contributed by atoms with van der Waals surface area (Å²) in [6.07, 6.45) is -8.68. The SMILES string of the molecule is O=C(O)Cc1cnc(CBr)c(C(F)(F)F)c1C(F)F. The number of carbonyl (C=O) groups is 1. The Labute approximate surface area is 112 Å². The largest absolute Gasteiger partial charge is 0.481 e. The zero-order chi connectivity index (χ0) is 14.8. The molecule has 0 aromatic carbocycles. The van der Waals surface area contributed by atoms with Gasteiger partial charge in [-0.15, -0.1) is 0 Å². The van der Waals surface area contributed by atoms with E-state index in [0.717, 1.165) is 6.20 Å². The van der Waals surface area contributed by atoms with E-state index in [-0.39, 0.29) is 5.33 Å². The normalized spacial score (nSPS) is 11.9. The maximum Gasteiger partial charge on any atom is 0.418 e. The van der Waals surface area contributed by atoms with Crippen molar-refractivity contribution < 1.29 is 31.9 Å². The first-order valence-electron chi connectivity index (χ1n) is 4.82. The quantitative estimate of drug-likeness (QED) is 0.669. The summed E-state index contributed by atoms with van der Waals surface area (Å²) in [5, 5.41) is 8.16. The third-order valence-corrected chi connectivity index (χ3v) is 2.78. The summed E-state index contributed by atoms with van der Waals surface area (Å²) in [5.41, 5.74) is -4.13. The van der Waals surface area contributed by atoms with Crippen molar-refractivity contribution in [3.63, 3.8) is 0 Å². The van der Waals surface area contributed by atoms with Crippen LogP contribution in [0, 0.1) is 0 Å². The summed E-state index contributed by atoms with van der Waals surface area (Å²) in [4.78, 5) is 13.9. The van der Waals surface area contributed by atoms with E-state index in [1.54, 1.807) is 0 Å². The van der Waals surface area contributed by atoms with Gasteiger partial charge in [-0.25, -0.2) is 8.78 Å². The Morgan fingerprint density at radius 2 is 2.00 bits per heavy atom. The molecule has 0 radical (unpaired) electrons. The number of aliphatic carboxylic acids is 1. The van der Waals surface area contributed by atoms with Crippen LogP contribution < -0.4 is 0 Å². The zero-order valence-electron chi connectivity index (χ0n) is 9.14. The molecule has 3 nitrogen and oxygen atoms in total. The second-order valence-electron chi connectivity index (χ2n) is 3.52. The topological polar surface area (TPSA) is 50.2 Å². The molecule has 0 atom stereocenters. The molecule has 0 saturated heterocycles. The molecule has 1 N–H and O–H groups in total. The molecule has 0 bridgehead atoms. The highest BCUT2D eigenvalue weighted by Gasteiger charge is 2.40. The first-order valence-corrected chi connectivity index (χ1v) is 5.94. The summed E-state index contributed by atoms with van der Waals surface area (Å²) in [7, 11) is 0. The van der Waals surface area contributed by atoms with Gasteiger partial charge in [0.15, 0.2) is 0 Å². The van der Waals surface area contributed by atoms with E-state index in [9.17, 15) is 26.7 Å². The van der Waals surface area contributed by atoms with Crippen molar-refractivity contribution >= 4 is 21.9 Å². The van der Waals surface area contributed by atoms with Gasteiger partial charge in [0.1, 0.15) is 0 Å². The van der Waals surface area contributed by atoms with E-state index in [1.807, 2.05) is 0 Å². The number of alkyl halides is 6. The molecule has 0 unspecified atom stereocenters. The van der Waals surface area contributed by atoms with Crippen LogP contribution in [0.2, 0.25) is 0 Å². The van der Waals surface area contributed by atoms with Crippen molar-refractivity contribution in [3.8, 4) is 0 Å². The summed E-state index contributed by atoms with van der Waals surface area (Å²) in [6.45, 7) is 0. The highest BCUT2D eigenvalue weighted by atomic mass is 79.9. The molecule has 0 aliphatic carbocycles. The van der Waals surface area contributed by atoms with Crippen LogP contribution in [0.1, 0.15) is 28.8 Å². The molecule has 0 aliphatic heterocycles. The van der Waals surface area contributed by atoms with Crippen LogP contribution in [-0.4, -0.2) is 16.1 Å². The van der Waals surface area contributed by atoms with Gasteiger partial charge in [0.25, 0.3) is 6.43 Å². The Balaban J connectivity index is 3.58. The average Bonchev–Trinajstić information content (AvgIpc) is 2.25. The number of aromatic nitrogens is 1. The lowest BCUT2D eigenvalue weighted by molar-refractivity contribution is -0.141. The molecule has 1 rings (SSSR count). The Bertz CT molecular complexity index is 490. The molecular weight excluding hydrogens is 341 g/mol. The van der Waals surface area contributed by atoms with E-state index in [4.69, 9.17) is 5.11 Å². The maximum absolute atomic E-state index is 12.8. The number of hydrogen-bond donors (Lipinski definition) is 1. The van der Waals surface area contributed by atoms with Crippen LogP contribution in [0.5, 0.6) is 0 Å². The second kappa shape index (κ2) is 5.81. The van der Waals surface area contributed by atoms with Gasteiger partial charge in [-0.05, 0) is 5.56 Å². The monoisotopic (exact) mass is 347 g/mol. The molecule has 0 spiro atoms. The fraction of sp³-hybridized carbons (Fsp3) is 0.400. The number of pyridine rings is 1. The molecular formula is C10H7BrF5NO2. The summed E-state index contributed by atoms with van der Waals surface area (Å²) >= 11 is 2.74. The lowest BCUT2D eigenvalue weighted by atomic mass is 9.99. The summed E-state index contributed by atoms with van der Waals surface area (Å²) in [6, 6.07) is 0. The molecule has 1 aromatic rings. The standard InChI is InChI=1S/C10H7BrF5NO2/c11-2-5-8(10(14,15)16)7(9(12)13)4(3-17-5)1-6(18)19/h3,9H,1-2H2,(H,18,19). The predicted octanol–water partition coefficient (Wildman–Crippen LogP) is 3.56. The van der Waals surface area contributed by atoms with E-state index in [0.29, 0.717) is 0 Å². The molecule has 0 amide bonds. The molecule has 106 valence electrons. The van der Waals surface area contributed by atoms with Crippen molar-refractivity contribution in [1.29, 1.82) is 0 Å². The smallest absolute Gasteiger partial charge is 0.418 e. The Morgan fingerprint density at radius 3 is 2.37 bits per heavy atom. The number of rotatable bonds is 4. The maximum atomic E-state index is 12.8. The molecule has 1 heterocycles. The lowest BCUT2D eigenvalue weighted by Crippen LogP contribution is -2.18. The van der Waals surface area contributed by atoms with Crippen molar-refractivity contribution in [3.05, 3.63) is 28.6 Å². The van der Waals surface area contributed by atoms with Gasteiger partial charge >= 0.3 is 12.1 Å². The van der Waals surface area contributed by atoms with Gasteiger partial charge < -0.3 is 5.11 Å². The van der Waals surface area contributed by atoms with Crippen molar-refractivity contribution in [1.82, 2.24) is 4.98 Å². The molecule has 0 aliphatic rings. The molecule has 0 fully saturated rings. The number of halogens is 6. The van der Waals surface area contributed by atoms with Gasteiger partial charge in [0.2, 0.25) is 0 Å². The van der Waals surface area contributed by atoms with Crippen LogP contribution in [0.4, 0.5) is 22.0 Å². The van der Waals surface area contributed by atoms with Gasteiger partial charge in [0.05, 0.1) is 17.7 Å². The number of nitrogens with zero attached hydrogens (tertiary/aromatic N) is 1. The third-order valence-electron chi connectivity index (χ3n) is 2.25. The number of carboxylic acid groups (broad SMARTS) is 1. The van der Waals surface area contributed by atoms with Gasteiger partial charge in [0, 0.05) is 17.1 Å². The minimum absolute atomic E-state index is 0.366. The van der Waals surface area contributed by atoms with Crippen LogP contribution in [0.15, 0.2) is 6.20 Å². The number of carboxylic acids is 1. The first-order chi connectivity index (χ1) is 8.68. The minimum Gasteiger partial charge on any atom is -0.481 e. The minimum atomic E-state index is -5.03. The Hall–Kier alpha value is -1.25. The highest BCUT2D eigenvalue weighted by Crippen LogP contribution is 2.40. The highest BCUT2D eigenvalue weighted by molar-refractivity contribution is 9.08. The first kappa shape index (κ1) is 15.8. The summed E-state index contributed by atoms with van der Waals surface area (Å²) < 4.78 is 64.2. The fourth-order valence-corrected chi connectivity index (χ4v) is 2.00. The molecule has 9 heteroatoms. The van der Waals surface area contributed by atoms with Gasteiger partial charge in [-0.1, -0.05) is 15.9 Å². The van der Waals surface area contributed by atoms with Gasteiger partial charge in [-0.3, -0.25) is 9.78 Å². The van der Waals surface area contributed by atoms with Crippen LogP contribution in [0.25, 0.3) is 0 Å². The van der Waals surface area contributed by atoms with Crippen LogP contribution in [0.3, 0.4) is 0 Å². The van der Waals surface area contributed by atoms with Crippen molar-refractivity contribution in [2.75, 3.05) is 0 Å². The zero-order valence-corrected chi connectivity index (χ0v) is 10.7.